The molecule has 0 unspecified atom stereocenters. The molecule has 0 aliphatic carbocycles. The highest BCUT2D eigenvalue weighted by Crippen LogP contribution is 2.34. The van der Waals surface area contributed by atoms with Gasteiger partial charge in [0.15, 0.2) is 0 Å². The second-order valence-electron chi connectivity index (χ2n) is 9.47. The van der Waals surface area contributed by atoms with E-state index in [4.69, 9.17) is 15.0 Å². The summed E-state index contributed by atoms with van der Waals surface area (Å²) in [6.07, 6.45) is 6.16. The van der Waals surface area contributed by atoms with Gasteiger partial charge in [-0.2, -0.15) is 0 Å². The van der Waals surface area contributed by atoms with Gasteiger partial charge in [0.05, 0.1) is 22.4 Å². The number of pyridine rings is 3. The Bertz CT molecular complexity index is 2100. The van der Waals surface area contributed by atoms with Crippen LogP contribution in [0.1, 0.15) is 0 Å². The van der Waals surface area contributed by atoms with Crippen LogP contribution < -0.4 is 0 Å². The number of imidazole rings is 2. The summed E-state index contributed by atoms with van der Waals surface area (Å²) in [6.45, 7) is 0. The van der Waals surface area contributed by atoms with Crippen molar-refractivity contribution in [2.24, 2.45) is 0 Å². The highest BCUT2D eigenvalue weighted by Gasteiger charge is 2.16. The van der Waals surface area contributed by atoms with E-state index in [-0.39, 0.29) is 0 Å². The smallest absolute Gasteiger partial charge is 0.137 e. The molecule has 0 radical (unpaired) electrons. The van der Waals surface area contributed by atoms with Crippen LogP contribution >= 0.6 is 0 Å². The third-order valence-corrected chi connectivity index (χ3v) is 7.16. The number of rotatable bonds is 3. The van der Waals surface area contributed by atoms with E-state index in [2.05, 4.69) is 77.5 Å². The van der Waals surface area contributed by atoms with Gasteiger partial charge in [-0.15, -0.1) is 0 Å². The molecule has 0 aliphatic rings. The molecular weight excluding hydrogens is 466 g/mol. The number of para-hydroxylation sites is 1. The van der Waals surface area contributed by atoms with Crippen molar-refractivity contribution in [1.29, 1.82) is 0 Å². The zero-order valence-corrected chi connectivity index (χ0v) is 20.4. The second kappa shape index (κ2) is 8.11. The van der Waals surface area contributed by atoms with E-state index < -0.39 is 0 Å². The van der Waals surface area contributed by atoms with Crippen molar-refractivity contribution in [3.8, 4) is 33.6 Å². The number of hydrogen-bond donors (Lipinski definition) is 0. The van der Waals surface area contributed by atoms with Gasteiger partial charge in [0.25, 0.3) is 0 Å². The van der Waals surface area contributed by atoms with Gasteiger partial charge in [-0.25, -0.2) is 15.0 Å². The normalized spacial score (nSPS) is 11.7. The van der Waals surface area contributed by atoms with Gasteiger partial charge in [-0.1, -0.05) is 72.8 Å². The summed E-state index contributed by atoms with van der Waals surface area (Å²) in [5, 5.41) is 1.07. The van der Waals surface area contributed by atoms with Crippen molar-refractivity contribution in [2.45, 2.75) is 0 Å². The van der Waals surface area contributed by atoms with Crippen molar-refractivity contribution in [3.05, 3.63) is 128 Å². The van der Waals surface area contributed by atoms with Crippen LogP contribution in [0, 0.1) is 0 Å². The molecule has 0 amide bonds. The quantitative estimate of drug-likeness (QED) is 0.257. The monoisotopic (exact) mass is 487 g/mol. The summed E-state index contributed by atoms with van der Waals surface area (Å²) >= 11 is 0. The highest BCUT2D eigenvalue weighted by molar-refractivity contribution is 6.09. The molecule has 0 spiro atoms. The molecule has 0 N–H and O–H groups in total. The lowest BCUT2D eigenvalue weighted by molar-refractivity contribution is 1.19. The van der Waals surface area contributed by atoms with Gasteiger partial charge >= 0.3 is 0 Å². The van der Waals surface area contributed by atoms with Crippen LogP contribution in [0.2, 0.25) is 0 Å². The predicted octanol–water partition coefficient (Wildman–Crippen LogP) is 7.68. The van der Waals surface area contributed by atoms with Crippen molar-refractivity contribution in [2.75, 3.05) is 0 Å². The molecule has 0 fully saturated rings. The van der Waals surface area contributed by atoms with Crippen molar-refractivity contribution >= 4 is 33.2 Å². The molecular formula is C33H21N5. The van der Waals surface area contributed by atoms with E-state index in [0.717, 1.165) is 66.9 Å². The first-order chi connectivity index (χ1) is 18.8. The second-order valence-corrected chi connectivity index (χ2v) is 9.47. The number of nitrogens with zero attached hydrogens (tertiary/aromatic N) is 5. The Kier molecular flexibility index (Phi) is 4.45. The number of fused-ring (bicyclic) bond motifs is 6. The van der Waals surface area contributed by atoms with Gasteiger partial charge in [0, 0.05) is 35.1 Å². The Hall–Kier alpha value is -5.29. The zero-order chi connectivity index (χ0) is 25.1. The average Bonchev–Trinajstić information content (AvgIpc) is 3.59. The van der Waals surface area contributed by atoms with Gasteiger partial charge in [0.1, 0.15) is 16.8 Å². The summed E-state index contributed by atoms with van der Waals surface area (Å²) in [4.78, 5) is 14.9. The van der Waals surface area contributed by atoms with E-state index in [1.54, 1.807) is 0 Å². The SMILES string of the molecule is c1cc(-c2ccc(-c3nc4ccccc4c4nc5ccccn5c34)cc2)cc(-c2cn3ccccc3n2)c1. The molecule has 8 rings (SSSR count). The van der Waals surface area contributed by atoms with E-state index in [9.17, 15) is 0 Å². The van der Waals surface area contributed by atoms with Gasteiger partial charge in [-0.3, -0.25) is 4.40 Å². The Morgan fingerprint density at radius 1 is 0.526 bits per heavy atom. The molecule has 0 atom stereocenters. The molecule has 5 nitrogen and oxygen atoms in total. The molecule has 8 aromatic rings. The number of hydrogen-bond acceptors (Lipinski definition) is 3. The van der Waals surface area contributed by atoms with Gasteiger partial charge in [0.2, 0.25) is 0 Å². The first kappa shape index (κ1) is 20.9. The third kappa shape index (κ3) is 3.22. The van der Waals surface area contributed by atoms with E-state index in [0.29, 0.717) is 0 Å². The minimum Gasteiger partial charge on any atom is -0.306 e. The maximum Gasteiger partial charge on any atom is 0.137 e. The molecule has 5 heterocycles. The van der Waals surface area contributed by atoms with Crippen molar-refractivity contribution in [1.82, 2.24) is 23.8 Å². The average molecular weight is 488 g/mol. The van der Waals surface area contributed by atoms with Gasteiger partial charge in [-0.05, 0) is 47.5 Å². The van der Waals surface area contributed by atoms with Crippen LogP contribution in [0.15, 0.2) is 128 Å². The first-order valence-electron chi connectivity index (χ1n) is 12.6. The van der Waals surface area contributed by atoms with E-state index in [1.165, 1.54) is 0 Å². The molecule has 5 aromatic heterocycles. The molecule has 0 aliphatic heterocycles. The summed E-state index contributed by atoms with van der Waals surface area (Å²) in [5.41, 5.74) is 11.2. The molecule has 5 heteroatoms. The largest absolute Gasteiger partial charge is 0.306 e. The molecule has 0 saturated heterocycles. The van der Waals surface area contributed by atoms with Crippen LogP contribution in [-0.4, -0.2) is 23.8 Å². The van der Waals surface area contributed by atoms with E-state index in [1.807, 2.05) is 59.1 Å². The summed E-state index contributed by atoms with van der Waals surface area (Å²) in [7, 11) is 0. The molecule has 178 valence electrons. The van der Waals surface area contributed by atoms with Crippen LogP contribution in [0.4, 0.5) is 0 Å². The summed E-state index contributed by atoms with van der Waals surface area (Å²) in [6, 6.07) is 37.6. The Morgan fingerprint density at radius 3 is 2.18 bits per heavy atom. The molecule has 38 heavy (non-hydrogen) atoms. The zero-order valence-electron chi connectivity index (χ0n) is 20.4. The number of benzene rings is 3. The van der Waals surface area contributed by atoms with Crippen LogP contribution in [0.25, 0.3) is 66.9 Å². The number of aromatic nitrogens is 5. The van der Waals surface area contributed by atoms with Gasteiger partial charge < -0.3 is 4.40 Å². The lowest BCUT2D eigenvalue weighted by Gasteiger charge is -2.09. The standard InChI is InChI=1S/C33H21N5/c1-2-11-27-26(10-1)32-33(38-19-6-4-13-30(38)36-32)31(35-27)23-16-14-22(15-17-23)24-8-7-9-25(20-24)28-21-37-18-5-3-12-29(37)34-28/h1-21H. The molecule has 0 bridgehead atoms. The minimum absolute atomic E-state index is 0.919. The lowest BCUT2D eigenvalue weighted by Crippen LogP contribution is -1.92. The fourth-order valence-corrected chi connectivity index (χ4v) is 5.31. The van der Waals surface area contributed by atoms with E-state index >= 15 is 0 Å². The maximum absolute atomic E-state index is 5.10. The van der Waals surface area contributed by atoms with Crippen LogP contribution in [0.3, 0.4) is 0 Å². The van der Waals surface area contributed by atoms with Crippen LogP contribution in [0.5, 0.6) is 0 Å². The Labute approximate surface area is 218 Å². The molecule has 0 saturated carbocycles. The predicted molar refractivity (Wildman–Crippen MR) is 153 cm³/mol. The highest BCUT2D eigenvalue weighted by atomic mass is 15.0. The van der Waals surface area contributed by atoms with Crippen molar-refractivity contribution < 1.29 is 0 Å². The third-order valence-electron chi connectivity index (χ3n) is 7.16. The van der Waals surface area contributed by atoms with Crippen LogP contribution in [-0.2, 0) is 0 Å². The maximum atomic E-state index is 5.10. The Balaban J connectivity index is 1.24. The first-order valence-corrected chi connectivity index (χ1v) is 12.6. The minimum atomic E-state index is 0.919. The van der Waals surface area contributed by atoms with Crippen molar-refractivity contribution in [3.63, 3.8) is 0 Å². The summed E-state index contributed by atoms with van der Waals surface area (Å²) < 4.78 is 4.19. The fourth-order valence-electron chi connectivity index (χ4n) is 5.31. The molecule has 3 aromatic carbocycles. The fraction of sp³-hybridized carbons (Fsp3) is 0. The topological polar surface area (TPSA) is 47.5 Å². The summed E-state index contributed by atoms with van der Waals surface area (Å²) in [5.74, 6) is 0. The Morgan fingerprint density at radius 2 is 1.29 bits per heavy atom. The lowest BCUT2D eigenvalue weighted by atomic mass is 9.99.